The molecule has 226 valence electrons. The fourth-order valence-corrected chi connectivity index (χ4v) is 6.03. The number of nitrogens with zero attached hydrogens (tertiary/aromatic N) is 4. The Morgan fingerprint density at radius 2 is 1.98 bits per heavy atom. The number of carbonyl (C=O) groups excluding carboxylic acids is 1. The predicted octanol–water partition coefficient (Wildman–Crippen LogP) is 2.19. The maximum absolute atomic E-state index is 13.9. The van der Waals surface area contributed by atoms with Crippen molar-refractivity contribution >= 4 is 25.1 Å². The number of nitrogen functional groups attached to an aromatic ring is 1. The van der Waals surface area contributed by atoms with Crippen molar-refractivity contribution in [2.75, 3.05) is 18.9 Å². The van der Waals surface area contributed by atoms with Gasteiger partial charge in [-0.25, -0.2) is 14.1 Å². The number of fused-ring (bicyclic) bond motifs is 1. The minimum absolute atomic E-state index is 0.0931. The highest BCUT2D eigenvalue weighted by Crippen LogP contribution is 2.47. The lowest BCUT2D eigenvalue weighted by molar-refractivity contribution is -0.144. The van der Waals surface area contributed by atoms with Crippen LogP contribution in [0.5, 0.6) is 5.75 Å². The van der Waals surface area contributed by atoms with Crippen LogP contribution in [0.4, 0.5) is 5.82 Å². The van der Waals surface area contributed by atoms with Crippen LogP contribution in [0.3, 0.4) is 0 Å². The molecule has 1 saturated heterocycles. The van der Waals surface area contributed by atoms with Gasteiger partial charge in [-0.1, -0.05) is 32.9 Å². The van der Waals surface area contributed by atoms with Crippen molar-refractivity contribution in [2.45, 2.75) is 70.0 Å². The van der Waals surface area contributed by atoms with Crippen molar-refractivity contribution in [2.24, 2.45) is 0 Å². The molecule has 3 aromatic rings. The monoisotopic (exact) mass is 602 g/mol. The minimum Gasteiger partial charge on any atom is -0.465 e. The highest BCUT2D eigenvalue weighted by molar-refractivity contribution is 7.52. The largest absolute Gasteiger partial charge is 0.465 e. The van der Waals surface area contributed by atoms with E-state index < -0.39 is 50.3 Å². The summed E-state index contributed by atoms with van der Waals surface area (Å²) in [6.45, 7) is 8.70. The van der Waals surface area contributed by atoms with Gasteiger partial charge in [-0.05, 0) is 49.1 Å². The van der Waals surface area contributed by atoms with Crippen molar-refractivity contribution < 1.29 is 38.1 Å². The predicted molar refractivity (Wildman–Crippen MR) is 150 cm³/mol. The molecule has 2 aromatic heterocycles. The van der Waals surface area contributed by atoms with E-state index in [1.807, 2.05) is 39.0 Å². The number of benzene rings is 1. The van der Waals surface area contributed by atoms with Crippen LogP contribution in [0.1, 0.15) is 45.9 Å². The van der Waals surface area contributed by atoms with Crippen LogP contribution in [-0.2, 0) is 34.4 Å². The zero-order valence-electron chi connectivity index (χ0n) is 23.9. The maximum atomic E-state index is 13.9. The fraction of sp³-hybridized carbons (Fsp3) is 0.481. The summed E-state index contributed by atoms with van der Waals surface area (Å²) in [5, 5.41) is 38.7. The van der Waals surface area contributed by atoms with Crippen molar-refractivity contribution in [3.8, 4) is 11.8 Å². The van der Waals surface area contributed by atoms with E-state index in [4.69, 9.17) is 24.3 Å². The summed E-state index contributed by atoms with van der Waals surface area (Å²) in [7, 11) is -4.33. The maximum Gasteiger partial charge on any atom is 0.459 e. The van der Waals surface area contributed by atoms with Crippen LogP contribution in [0.25, 0.3) is 5.52 Å². The zero-order valence-corrected chi connectivity index (χ0v) is 24.8. The second-order valence-electron chi connectivity index (χ2n) is 10.9. The average molecular weight is 603 g/mol. The molecule has 5 N–H and O–H groups in total. The van der Waals surface area contributed by atoms with Gasteiger partial charge in [0.2, 0.25) is 5.60 Å². The standard InChI is InChI=1S/C27H35N6O8P/c1-6-38-25(36)16(2)32-42(37,41-18-9-7-17(8-10-18)26(3,4)5)39-13-20-22(34)23(35)27(14-28,40-20)21-12-11-19-24(29)30-15-31-33(19)21/h7-12,15-16,20,22-23,34-35H,6,13H2,1-5H3,(H,32,37)(H2,29,30,31)/t16-,20+,22+,23+,27-,42?/m0/s1. The summed E-state index contributed by atoms with van der Waals surface area (Å²) in [6.07, 6.45) is -3.56. The molecular formula is C27H35N6O8P. The highest BCUT2D eigenvalue weighted by atomic mass is 31.2. The number of esters is 1. The molecule has 14 nitrogen and oxygen atoms in total. The average Bonchev–Trinajstić information content (AvgIpc) is 3.48. The molecule has 6 atom stereocenters. The Bertz CT molecular complexity index is 1520. The Balaban J connectivity index is 1.59. The molecule has 1 fully saturated rings. The minimum atomic E-state index is -4.33. The highest BCUT2D eigenvalue weighted by Gasteiger charge is 2.58. The number of aliphatic hydroxyl groups excluding tert-OH is 2. The van der Waals surface area contributed by atoms with Gasteiger partial charge in [0.15, 0.2) is 5.82 Å². The molecule has 0 spiro atoms. The summed E-state index contributed by atoms with van der Waals surface area (Å²) in [4.78, 5) is 16.2. The van der Waals surface area contributed by atoms with Gasteiger partial charge in [0, 0.05) is 0 Å². The van der Waals surface area contributed by atoms with E-state index in [1.54, 1.807) is 25.1 Å². The number of hydrogen-bond donors (Lipinski definition) is 4. The third kappa shape index (κ3) is 6.12. The molecule has 0 aliphatic carbocycles. The number of carbonyl (C=O) groups is 1. The Morgan fingerprint density at radius 1 is 1.29 bits per heavy atom. The number of rotatable bonds is 10. The first-order valence-corrected chi connectivity index (χ1v) is 14.8. The second kappa shape index (κ2) is 12.0. The van der Waals surface area contributed by atoms with E-state index in [0.29, 0.717) is 5.52 Å². The van der Waals surface area contributed by atoms with E-state index in [-0.39, 0.29) is 29.3 Å². The summed E-state index contributed by atoms with van der Waals surface area (Å²) in [5.74, 6) is -0.371. The summed E-state index contributed by atoms with van der Waals surface area (Å²) in [5.41, 5.74) is 5.14. The quantitative estimate of drug-likeness (QED) is 0.194. The number of nitriles is 1. The Morgan fingerprint density at radius 3 is 2.60 bits per heavy atom. The van der Waals surface area contributed by atoms with Crippen molar-refractivity contribution in [3.63, 3.8) is 0 Å². The molecule has 0 radical (unpaired) electrons. The van der Waals surface area contributed by atoms with Crippen LogP contribution >= 0.6 is 7.75 Å². The molecule has 1 aromatic carbocycles. The Kier molecular flexibility index (Phi) is 8.94. The molecular weight excluding hydrogens is 567 g/mol. The molecule has 1 aliphatic rings. The van der Waals surface area contributed by atoms with E-state index >= 15 is 0 Å². The number of nitrogens with two attached hydrogens (primary N) is 1. The number of hydrogen-bond acceptors (Lipinski definition) is 12. The molecule has 0 saturated carbocycles. The summed E-state index contributed by atoms with van der Waals surface area (Å²) >= 11 is 0. The van der Waals surface area contributed by atoms with Crippen molar-refractivity contribution in [3.05, 3.63) is 54.0 Å². The topological polar surface area (TPSA) is 204 Å². The zero-order chi connectivity index (χ0) is 30.9. The molecule has 4 rings (SSSR count). The molecule has 0 amide bonds. The number of anilines is 1. The lowest BCUT2D eigenvalue weighted by atomic mass is 9.87. The molecule has 15 heteroatoms. The first kappa shape index (κ1) is 31.4. The van der Waals surface area contributed by atoms with Gasteiger partial charge in [-0.15, -0.1) is 0 Å². The third-order valence-corrected chi connectivity index (χ3v) is 8.48. The first-order valence-electron chi connectivity index (χ1n) is 13.3. The van der Waals surface area contributed by atoms with E-state index in [1.165, 1.54) is 23.8 Å². The molecule has 1 unspecified atom stereocenters. The SMILES string of the molecule is CCOC(=O)[C@H](C)NP(=O)(OC[C@H]1O[C@@](C#N)(c2ccc3c(N)ncnn23)[C@H](O)[C@@H]1O)Oc1ccc(C(C)(C)C)cc1. The van der Waals surface area contributed by atoms with Crippen LogP contribution in [0, 0.1) is 11.3 Å². The summed E-state index contributed by atoms with van der Waals surface area (Å²) < 4.78 is 37.5. The number of ether oxygens (including phenoxy) is 2. The van der Waals surface area contributed by atoms with Crippen LogP contribution in [0.15, 0.2) is 42.7 Å². The van der Waals surface area contributed by atoms with Gasteiger partial charge in [0.1, 0.15) is 48.0 Å². The number of nitrogens with one attached hydrogen (secondary N) is 1. The van der Waals surface area contributed by atoms with Crippen LogP contribution < -0.4 is 15.3 Å². The second-order valence-corrected chi connectivity index (χ2v) is 12.6. The van der Waals surface area contributed by atoms with E-state index in [9.17, 15) is 24.8 Å². The smallest absolute Gasteiger partial charge is 0.459 e. The van der Waals surface area contributed by atoms with Crippen LogP contribution in [-0.4, -0.2) is 68.3 Å². The molecule has 1 aliphatic heterocycles. The van der Waals surface area contributed by atoms with Gasteiger partial charge in [0.05, 0.1) is 18.9 Å². The lowest BCUT2D eigenvalue weighted by Crippen LogP contribution is -2.41. The molecule has 3 heterocycles. The van der Waals surface area contributed by atoms with Gasteiger partial charge < -0.3 is 29.9 Å². The molecule has 0 bridgehead atoms. The van der Waals surface area contributed by atoms with E-state index in [2.05, 4.69) is 15.2 Å². The Labute approximate surface area is 242 Å². The fourth-order valence-electron chi connectivity index (χ4n) is 4.52. The van der Waals surface area contributed by atoms with Crippen LogP contribution in [0.2, 0.25) is 0 Å². The Hall–Kier alpha value is -3.57. The first-order chi connectivity index (χ1) is 19.7. The lowest BCUT2D eigenvalue weighted by Gasteiger charge is -2.26. The van der Waals surface area contributed by atoms with Crippen molar-refractivity contribution in [1.82, 2.24) is 19.7 Å². The van der Waals surface area contributed by atoms with Gasteiger partial charge in [0.25, 0.3) is 0 Å². The third-order valence-electron chi connectivity index (χ3n) is 6.83. The number of aromatic nitrogens is 3. The number of aliphatic hydroxyl groups is 2. The van der Waals surface area contributed by atoms with Crippen molar-refractivity contribution in [1.29, 1.82) is 5.26 Å². The van der Waals surface area contributed by atoms with Gasteiger partial charge in [-0.3, -0.25) is 9.32 Å². The molecule has 42 heavy (non-hydrogen) atoms. The van der Waals surface area contributed by atoms with Gasteiger partial charge >= 0.3 is 13.7 Å². The summed E-state index contributed by atoms with van der Waals surface area (Å²) in [6, 6.07) is 10.7. The van der Waals surface area contributed by atoms with E-state index in [0.717, 1.165) is 5.56 Å². The normalized spacial score (nSPS) is 24.6. The van der Waals surface area contributed by atoms with Gasteiger partial charge in [-0.2, -0.15) is 15.4 Å².